The summed E-state index contributed by atoms with van der Waals surface area (Å²) in [5, 5.41) is 4.30. The molecule has 5 heteroatoms. The highest BCUT2D eigenvalue weighted by atomic mass is 127. The van der Waals surface area contributed by atoms with E-state index in [1.807, 2.05) is 25.3 Å². The molecule has 68 valence electrons. The maximum absolute atomic E-state index is 4.38. The van der Waals surface area contributed by atoms with E-state index in [2.05, 4.69) is 37.7 Å². The number of nitrogens with zero attached hydrogens (tertiary/aromatic N) is 4. The minimum absolute atomic E-state index is 0.780. The molecule has 0 spiro atoms. The lowest BCUT2D eigenvalue weighted by molar-refractivity contribution is 0.815. The monoisotopic (exact) mass is 288 g/mol. The highest BCUT2D eigenvalue weighted by molar-refractivity contribution is 14.1. The van der Waals surface area contributed by atoms with E-state index in [0.717, 1.165) is 26.6 Å². The fraction of sp³-hybridized carbons (Fsp3) is 0.375. The number of rotatable bonds is 0. The second-order valence-corrected chi connectivity index (χ2v) is 3.99. The van der Waals surface area contributed by atoms with E-state index in [1.165, 1.54) is 0 Å². The van der Waals surface area contributed by atoms with Gasteiger partial charge in [0.1, 0.15) is 9.53 Å². The smallest absolute Gasteiger partial charge is 0.176 e. The van der Waals surface area contributed by atoms with Gasteiger partial charge in [-0.05, 0) is 43.4 Å². The first-order valence-electron chi connectivity index (χ1n) is 3.95. The van der Waals surface area contributed by atoms with Crippen molar-refractivity contribution in [3.05, 3.63) is 20.9 Å². The number of imidazole rings is 1. The zero-order valence-corrected chi connectivity index (χ0v) is 9.82. The van der Waals surface area contributed by atoms with Gasteiger partial charge < -0.3 is 0 Å². The molecule has 0 aromatic carbocycles. The van der Waals surface area contributed by atoms with Gasteiger partial charge in [0.25, 0.3) is 0 Å². The Labute approximate surface area is 89.5 Å². The number of hydrogen-bond donors (Lipinski definition) is 0. The second-order valence-electron chi connectivity index (χ2n) is 2.97. The number of fused-ring (bicyclic) bond motifs is 1. The second kappa shape index (κ2) is 2.90. The van der Waals surface area contributed by atoms with Crippen LogP contribution in [0.15, 0.2) is 0 Å². The van der Waals surface area contributed by atoms with Crippen molar-refractivity contribution in [2.24, 2.45) is 0 Å². The SMILES string of the molecule is Cc1nc(C)c2nc(I)c(C)n2n1. The van der Waals surface area contributed by atoms with E-state index in [0.29, 0.717) is 0 Å². The van der Waals surface area contributed by atoms with Crippen LogP contribution in [0.1, 0.15) is 17.2 Å². The van der Waals surface area contributed by atoms with Crippen molar-refractivity contribution in [1.29, 1.82) is 0 Å². The topological polar surface area (TPSA) is 43.1 Å². The summed E-state index contributed by atoms with van der Waals surface area (Å²) >= 11 is 2.21. The lowest BCUT2D eigenvalue weighted by atomic mass is 10.5. The van der Waals surface area contributed by atoms with Crippen molar-refractivity contribution in [2.75, 3.05) is 0 Å². The number of aromatic nitrogens is 4. The van der Waals surface area contributed by atoms with Crippen LogP contribution in [0.4, 0.5) is 0 Å². The Balaban J connectivity index is 2.94. The maximum atomic E-state index is 4.38. The van der Waals surface area contributed by atoms with E-state index in [9.17, 15) is 0 Å². The third-order valence-electron chi connectivity index (χ3n) is 1.92. The fourth-order valence-corrected chi connectivity index (χ4v) is 1.74. The van der Waals surface area contributed by atoms with Gasteiger partial charge in [-0.15, -0.1) is 0 Å². The summed E-state index contributed by atoms with van der Waals surface area (Å²) in [6.07, 6.45) is 0. The van der Waals surface area contributed by atoms with Crippen molar-refractivity contribution in [3.63, 3.8) is 0 Å². The molecule has 0 saturated carbocycles. The average Bonchev–Trinajstić information content (AvgIpc) is 2.32. The maximum Gasteiger partial charge on any atom is 0.176 e. The number of aryl methyl sites for hydroxylation is 3. The summed E-state index contributed by atoms with van der Waals surface area (Å²) in [7, 11) is 0. The normalized spacial score (nSPS) is 11.1. The molecular weight excluding hydrogens is 279 g/mol. The average molecular weight is 288 g/mol. The molecule has 0 bridgehead atoms. The summed E-state index contributed by atoms with van der Waals surface area (Å²) in [5.74, 6) is 0.780. The van der Waals surface area contributed by atoms with Gasteiger partial charge in [0, 0.05) is 0 Å². The van der Waals surface area contributed by atoms with Gasteiger partial charge in [0.2, 0.25) is 0 Å². The molecule has 2 rings (SSSR count). The highest BCUT2D eigenvalue weighted by Gasteiger charge is 2.09. The Morgan fingerprint density at radius 2 is 1.85 bits per heavy atom. The van der Waals surface area contributed by atoms with Crippen LogP contribution in [0.5, 0.6) is 0 Å². The van der Waals surface area contributed by atoms with Crippen molar-refractivity contribution in [3.8, 4) is 0 Å². The van der Waals surface area contributed by atoms with Gasteiger partial charge in [-0.1, -0.05) is 0 Å². The first-order valence-corrected chi connectivity index (χ1v) is 5.03. The summed E-state index contributed by atoms with van der Waals surface area (Å²) < 4.78 is 2.83. The van der Waals surface area contributed by atoms with Crippen LogP contribution in [0.25, 0.3) is 5.65 Å². The molecule has 0 N–H and O–H groups in total. The molecule has 13 heavy (non-hydrogen) atoms. The van der Waals surface area contributed by atoms with Gasteiger partial charge >= 0.3 is 0 Å². The van der Waals surface area contributed by atoms with E-state index in [-0.39, 0.29) is 0 Å². The Hall–Kier alpha value is -0.720. The van der Waals surface area contributed by atoms with Crippen molar-refractivity contribution in [1.82, 2.24) is 19.6 Å². The molecule has 0 aliphatic rings. The molecule has 2 heterocycles. The molecule has 2 aromatic rings. The summed E-state index contributed by atoms with van der Waals surface area (Å²) in [4.78, 5) is 8.64. The molecule has 0 radical (unpaired) electrons. The summed E-state index contributed by atoms with van der Waals surface area (Å²) in [6, 6.07) is 0. The Morgan fingerprint density at radius 3 is 2.54 bits per heavy atom. The van der Waals surface area contributed by atoms with Crippen LogP contribution in [-0.4, -0.2) is 19.6 Å². The molecule has 0 fully saturated rings. The minimum atomic E-state index is 0.780. The standard InChI is InChI=1S/C8H9IN4/c1-4-8-11-7(9)5(2)13(8)12-6(3)10-4/h1-3H3. The molecule has 0 aliphatic carbocycles. The van der Waals surface area contributed by atoms with Crippen LogP contribution in [0, 0.1) is 24.5 Å². The molecule has 0 unspecified atom stereocenters. The fourth-order valence-electron chi connectivity index (χ4n) is 1.28. The molecule has 0 aliphatic heterocycles. The minimum Gasteiger partial charge on any atom is -0.233 e. The van der Waals surface area contributed by atoms with Gasteiger partial charge in [0.05, 0.1) is 11.4 Å². The van der Waals surface area contributed by atoms with Crippen molar-refractivity contribution in [2.45, 2.75) is 20.8 Å². The third kappa shape index (κ3) is 1.31. The third-order valence-corrected chi connectivity index (χ3v) is 2.94. The van der Waals surface area contributed by atoms with E-state index in [4.69, 9.17) is 0 Å². The van der Waals surface area contributed by atoms with E-state index >= 15 is 0 Å². The van der Waals surface area contributed by atoms with Crippen LogP contribution < -0.4 is 0 Å². The Bertz CT molecular complexity index is 474. The van der Waals surface area contributed by atoms with Gasteiger partial charge in [-0.25, -0.2) is 14.5 Å². The zero-order valence-electron chi connectivity index (χ0n) is 7.67. The predicted molar refractivity (Wildman–Crippen MR) is 57.7 cm³/mol. The number of halogens is 1. The summed E-state index contributed by atoms with van der Waals surface area (Å²) in [5.41, 5.74) is 2.86. The van der Waals surface area contributed by atoms with Crippen LogP contribution >= 0.6 is 22.6 Å². The molecule has 0 atom stereocenters. The van der Waals surface area contributed by atoms with E-state index < -0.39 is 0 Å². The molecular formula is C8H9IN4. The first-order chi connectivity index (χ1) is 6.09. The predicted octanol–water partition coefficient (Wildman–Crippen LogP) is 1.65. The lowest BCUT2D eigenvalue weighted by Crippen LogP contribution is -2.01. The molecule has 0 saturated heterocycles. The molecule has 2 aromatic heterocycles. The van der Waals surface area contributed by atoms with Gasteiger partial charge in [0.15, 0.2) is 5.65 Å². The van der Waals surface area contributed by atoms with Gasteiger partial charge in [-0.2, -0.15) is 5.10 Å². The van der Waals surface area contributed by atoms with E-state index in [1.54, 1.807) is 0 Å². The van der Waals surface area contributed by atoms with Crippen LogP contribution in [-0.2, 0) is 0 Å². The Kier molecular flexibility index (Phi) is 1.98. The summed E-state index contributed by atoms with van der Waals surface area (Å²) in [6.45, 7) is 5.85. The molecule has 0 amide bonds. The lowest BCUT2D eigenvalue weighted by Gasteiger charge is -1.98. The molecule has 4 nitrogen and oxygen atoms in total. The first kappa shape index (κ1) is 8.86. The van der Waals surface area contributed by atoms with Crippen LogP contribution in [0.3, 0.4) is 0 Å². The highest BCUT2D eigenvalue weighted by Crippen LogP contribution is 2.14. The zero-order chi connectivity index (χ0) is 9.59. The number of hydrogen-bond acceptors (Lipinski definition) is 3. The van der Waals surface area contributed by atoms with Crippen LogP contribution in [0.2, 0.25) is 0 Å². The van der Waals surface area contributed by atoms with Crippen molar-refractivity contribution >= 4 is 28.2 Å². The quantitative estimate of drug-likeness (QED) is 0.692. The van der Waals surface area contributed by atoms with Crippen molar-refractivity contribution < 1.29 is 0 Å². The Morgan fingerprint density at radius 1 is 1.15 bits per heavy atom. The van der Waals surface area contributed by atoms with Gasteiger partial charge in [-0.3, -0.25) is 0 Å². The largest absolute Gasteiger partial charge is 0.233 e.